The molecule has 0 fully saturated rings. The van der Waals surface area contributed by atoms with Crippen LogP contribution in [0.5, 0.6) is 0 Å². The molecule has 0 aliphatic heterocycles. The van der Waals surface area contributed by atoms with Crippen LogP contribution in [0.15, 0.2) is 0 Å². The van der Waals surface area contributed by atoms with Crippen molar-refractivity contribution in [1.29, 1.82) is 0 Å². The van der Waals surface area contributed by atoms with Gasteiger partial charge in [0, 0.05) is 12.8 Å². The molecule has 8 heteroatoms. The molecule has 0 heterocycles. The summed E-state index contributed by atoms with van der Waals surface area (Å²) in [6.45, 7) is 0. The monoisotopic (exact) mass is 248 g/mol. The van der Waals surface area contributed by atoms with Crippen molar-refractivity contribution in [3.63, 3.8) is 0 Å². The first kappa shape index (κ1) is 15.5. The Bertz CT molecular complexity index is 270. The van der Waals surface area contributed by atoms with Crippen molar-refractivity contribution in [3.8, 4) is 0 Å². The first-order valence-electron chi connectivity index (χ1n) is 5.01. The quantitative estimate of drug-likeness (QED) is 0.221. The predicted octanol–water partition coefficient (Wildman–Crippen LogP) is -0.910. The van der Waals surface area contributed by atoms with Crippen molar-refractivity contribution in [2.75, 3.05) is 0 Å². The van der Waals surface area contributed by atoms with Gasteiger partial charge in [0.15, 0.2) is 0 Å². The van der Waals surface area contributed by atoms with Crippen LogP contribution in [0, 0.1) is 0 Å². The van der Waals surface area contributed by atoms with Crippen LogP contribution in [0.1, 0.15) is 25.7 Å². The van der Waals surface area contributed by atoms with E-state index in [0.717, 1.165) is 0 Å². The maximum Gasteiger partial charge on any atom is 0.303 e. The zero-order chi connectivity index (χ0) is 13.3. The van der Waals surface area contributed by atoms with Crippen LogP contribution in [0.2, 0.25) is 0 Å². The van der Waals surface area contributed by atoms with Crippen molar-refractivity contribution >= 4 is 18.2 Å². The first-order valence-corrected chi connectivity index (χ1v) is 5.01. The van der Waals surface area contributed by atoms with Gasteiger partial charge < -0.3 is 20.7 Å². The van der Waals surface area contributed by atoms with Crippen LogP contribution in [0.4, 0.5) is 0 Å². The standard InChI is InChI=1S/C9H16N2O6/c10-7(2-4-9(15)16)17-11-6(5-12)1-3-8(13)14/h5-7,11H,1-4,10H2,(H,13,14)(H,15,16)/t6-,7+/m1/s1. The molecule has 0 aromatic carbocycles. The summed E-state index contributed by atoms with van der Waals surface area (Å²) in [7, 11) is 0. The lowest BCUT2D eigenvalue weighted by Crippen LogP contribution is -2.38. The third-order valence-electron chi connectivity index (χ3n) is 1.85. The maximum atomic E-state index is 10.5. The third kappa shape index (κ3) is 9.42. The molecule has 0 radical (unpaired) electrons. The second-order valence-corrected chi connectivity index (χ2v) is 3.38. The number of aliphatic carboxylic acids is 2. The number of hydroxylamine groups is 1. The Morgan fingerprint density at radius 1 is 1.24 bits per heavy atom. The van der Waals surface area contributed by atoms with Gasteiger partial charge in [-0.3, -0.25) is 14.4 Å². The minimum atomic E-state index is -1.02. The fourth-order valence-electron chi connectivity index (χ4n) is 0.933. The number of hydrogen-bond donors (Lipinski definition) is 4. The minimum absolute atomic E-state index is 0.0739. The molecule has 0 bridgehead atoms. The molecule has 0 aromatic rings. The lowest BCUT2D eigenvalue weighted by Gasteiger charge is -2.16. The minimum Gasteiger partial charge on any atom is -0.481 e. The summed E-state index contributed by atoms with van der Waals surface area (Å²) in [6.07, 6.45) is -0.517. The Morgan fingerprint density at radius 2 is 1.76 bits per heavy atom. The summed E-state index contributed by atoms with van der Waals surface area (Å²) in [4.78, 5) is 35.8. The molecule has 17 heavy (non-hydrogen) atoms. The van der Waals surface area contributed by atoms with Crippen LogP contribution in [0.3, 0.4) is 0 Å². The third-order valence-corrected chi connectivity index (χ3v) is 1.85. The molecule has 2 atom stereocenters. The zero-order valence-corrected chi connectivity index (χ0v) is 9.17. The van der Waals surface area contributed by atoms with Crippen molar-refractivity contribution in [3.05, 3.63) is 0 Å². The number of carbonyl (C=O) groups excluding carboxylic acids is 1. The van der Waals surface area contributed by atoms with Gasteiger partial charge in [0.2, 0.25) is 0 Å². The molecule has 0 saturated carbocycles. The molecule has 0 amide bonds. The van der Waals surface area contributed by atoms with Crippen molar-refractivity contribution in [1.82, 2.24) is 5.48 Å². The molecular weight excluding hydrogens is 232 g/mol. The zero-order valence-electron chi connectivity index (χ0n) is 9.17. The molecule has 0 saturated heterocycles. The number of carboxylic acids is 2. The van der Waals surface area contributed by atoms with Crippen LogP contribution in [0.25, 0.3) is 0 Å². The van der Waals surface area contributed by atoms with Crippen LogP contribution in [-0.2, 0) is 19.2 Å². The summed E-state index contributed by atoms with van der Waals surface area (Å²) in [6, 6.07) is -0.776. The van der Waals surface area contributed by atoms with Gasteiger partial charge in [0.1, 0.15) is 12.5 Å². The van der Waals surface area contributed by atoms with E-state index in [2.05, 4.69) is 5.48 Å². The van der Waals surface area contributed by atoms with Crippen molar-refractivity contribution < 1.29 is 29.4 Å². The van der Waals surface area contributed by atoms with Crippen molar-refractivity contribution in [2.45, 2.75) is 38.0 Å². The highest BCUT2D eigenvalue weighted by molar-refractivity contribution is 5.68. The Labute approximate surface area is 97.7 Å². The number of nitrogens with two attached hydrogens (primary N) is 1. The van der Waals surface area contributed by atoms with Gasteiger partial charge in [-0.25, -0.2) is 0 Å². The number of carboxylic acid groups (broad SMARTS) is 2. The molecule has 8 nitrogen and oxygen atoms in total. The van der Waals surface area contributed by atoms with E-state index in [1.807, 2.05) is 0 Å². The number of rotatable bonds is 10. The summed E-state index contributed by atoms with van der Waals surface area (Å²) in [5, 5.41) is 16.8. The molecule has 0 aromatic heterocycles. The topological polar surface area (TPSA) is 139 Å². The van der Waals surface area contributed by atoms with E-state index in [1.165, 1.54) is 0 Å². The average Bonchev–Trinajstić information content (AvgIpc) is 2.26. The first-order chi connectivity index (χ1) is 7.95. The Balaban J connectivity index is 3.77. The molecular formula is C9H16N2O6. The Morgan fingerprint density at radius 3 is 2.24 bits per heavy atom. The van der Waals surface area contributed by atoms with E-state index in [0.29, 0.717) is 6.29 Å². The lowest BCUT2D eigenvalue weighted by atomic mass is 10.2. The van der Waals surface area contributed by atoms with Crippen molar-refractivity contribution in [2.24, 2.45) is 5.73 Å². The fraction of sp³-hybridized carbons (Fsp3) is 0.667. The highest BCUT2D eigenvalue weighted by Gasteiger charge is 2.12. The highest BCUT2D eigenvalue weighted by Crippen LogP contribution is 1.98. The van der Waals surface area contributed by atoms with Gasteiger partial charge in [-0.1, -0.05) is 0 Å². The Kier molecular flexibility index (Phi) is 7.85. The van der Waals surface area contributed by atoms with Gasteiger partial charge in [0.25, 0.3) is 0 Å². The van der Waals surface area contributed by atoms with Gasteiger partial charge in [-0.05, 0) is 12.8 Å². The molecule has 0 aliphatic carbocycles. The predicted molar refractivity (Wildman–Crippen MR) is 55.8 cm³/mol. The SMILES string of the molecule is N[C@H](CCC(=O)O)ON[C@@H](C=O)CCC(=O)O. The molecule has 5 N–H and O–H groups in total. The summed E-state index contributed by atoms with van der Waals surface area (Å²) in [5.74, 6) is -2.02. The summed E-state index contributed by atoms with van der Waals surface area (Å²) < 4.78 is 0. The molecule has 0 aliphatic rings. The second-order valence-electron chi connectivity index (χ2n) is 3.38. The summed E-state index contributed by atoms with van der Waals surface area (Å²) in [5.41, 5.74) is 7.70. The number of hydrogen-bond acceptors (Lipinski definition) is 6. The van der Waals surface area contributed by atoms with Gasteiger partial charge in [0.05, 0.1) is 6.04 Å². The van der Waals surface area contributed by atoms with E-state index >= 15 is 0 Å². The largest absolute Gasteiger partial charge is 0.481 e. The second kappa shape index (κ2) is 8.62. The number of aldehydes is 1. The summed E-state index contributed by atoms with van der Waals surface area (Å²) >= 11 is 0. The van der Waals surface area contributed by atoms with Gasteiger partial charge in [-0.2, -0.15) is 5.48 Å². The maximum absolute atomic E-state index is 10.5. The average molecular weight is 248 g/mol. The van der Waals surface area contributed by atoms with E-state index in [1.54, 1.807) is 0 Å². The molecule has 0 spiro atoms. The lowest BCUT2D eigenvalue weighted by molar-refractivity contribution is -0.140. The van der Waals surface area contributed by atoms with E-state index < -0.39 is 24.2 Å². The highest BCUT2D eigenvalue weighted by atomic mass is 16.7. The number of nitrogens with one attached hydrogen (secondary N) is 1. The van der Waals surface area contributed by atoms with E-state index in [-0.39, 0.29) is 25.7 Å². The van der Waals surface area contributed by atoms with E-state index in [4.69, 9.17) is 20.8 Å². The Hall–Kier alpha value is -1.51. The van der Waals surface area contributed by atoms with Crippen LogP contribution in [-0.4, -0.2) is 40.7 Å². The van der Waals surface area contributed by atoms with Gasteiger partial charge >= 0.3 is 11.9 Å². The molecule has 0 rings (SSSR count). The normalized spacial score (nSPS) is 13.9. The smallest absolute Gasteiger partial charge is 0.303 e. The van der Waals surface area contributed by atoms with Gasteiger partial charge in [-0.15, -0.1) is 0 Å². The molecule has 98 valence electrons. The number of carbonyl (C=O) groups is 3. The fourth-order valence-corrected chi connectivity index (χ4v) is 0.933. The van der Waals surface area contributed by atoms with Crippen LogP contribution >= 0.6 is 0 Å². The van der Waals surface area contributed by atoms with E-state index in [9.17, 15) is 14.4 Å². The van der Waals surface area contributed by atoms with Crippen LogP contribution < -0.4 is 11.2 Å². The molecule has 0 unspecified atom stereocenters.